The molecule has 6 nitrogen and oxygen atoms in total. The summed E-state index contributed by atoms with van der Waals surface area (Å²) in [5.74, 6) is 1.74. The van der Waals surface area contributed by atoms with Crippen LogP contribution in [-0.4, -0.2) is 47.1 Å². The Hall–Kier alpha value is -3.45. The van der Waals surface area contributed by atoms with E-state index in [4.69, 9.17) is 4.98 Å². The molecule has 1 aliphatic rings. The van der Waals surface area contributed by atoms with Gasteiger partial charge in [-0.25, -0.2) is 14.8 Å². The number of amides is 2. The smallest absolute Gasteiger partial charge is 0.321 e. The first-order valence-corrected chi connectivity index (χ1v) is 11.2. The van der Waals surface area contributed by atoms with Crippen LogP contribution in [0.4, 0.5) is 16.3 Å². The number of carbonyl (C=O) groups is 1. The first-order valence-electron chi connectivity index (χ1n) is 10.4. The highest BCUT2D eigenvalue weighted by molar-refractivity contribution is 7.17. The molecule has 0 radical (unpaired) electrons. The van der Waals surface area contributed by atoms with E-state index < -0.39 is 0 Å². The summed E-state index contributed by atoms with van der Waals surface area (Å²) in [6.07, 6.45) is 0. The number of benzene rings is 2. The minimum atomic E-state index is -0.0598. The van der Waals surface area contributed by atoms with E-state index in [-0.39, 0.29) is 6.03 Å². The summed E-state index contributed by atoms with van der Waals surface area (Å²) in [5.41, 5.74) is 3.15. The summed E-state index contributed by atoms with van der Waals surface area (Å²) in [7, 11) is 0. The van der Waals surface area contributed by atoms with Crippen molar-refractivity contribution in [1.29, 1.82) is 0 Å². The quantitative estimate of drug-likeness (QED) is 0.497. The molecule has 3 heterocycles. The Morgan fingerprint density at radius 1 is 0.935 bits per heavy atom. The highest BCUT2D eigenvalue weighted by atomic mass is 32.1. The molecule has 0 bridgehead atoms. The number of para-hydroxylation sites is 1. The molecule has 0 saturated carbocycles. The highest BCUT2D eigenvalue weighted by Gasteiger charge is 2.25. The maximum Gasteiger partial charge on any atom is 0.321 e. The number of hydrogen-bond donors (Lipinski definition) is 1. The number of thiophene rings is 1. The number of carbonyl (C=O) groups excluding carboxylic acids is 1. The maximum atomic E-state index is 12.6. The summed E-state index contributed by atoms with van der Waals surface area (Å²) < 4.78 is 0. The normalized spacial score (nSPS) is 14.1. The molecule has 0 unspecified atom stereocenters. The monoisotopic (exact) mass is 429 g/mol. The van der Waals surface area contributed by atoms with Crippen molar-refractivity contribution in [2.75, 3.05) is 36.4 Å². The second kappa shape index (κ2) is 8.35. The van der Waals surface area contributed by atoms with Crippen LogP contribution in [-0.2, 0) is 0 Å². The Morgan fingerprint density at radius 3 is 2.32 bits per heavy atom. The van der Waals surface area contributed by atoms with Gasteiger partial charge in [0.25, 0.3) is 0 Å². The van der Waals surface area contributed by atoms with Crippen molar-refractivity contribution < 1.29 is 4.79 Å². The van der Waals surface area contributed by atoms with Crippen molar-refractivity contribution in [2.24, 2.45) is 0 Å². The summed E-state index contributed by atoms with van der Waals surface area (Å²) in [6, 6.07) is 19.9. The van der Waals surface area contributed by atoms with E-state index >= 15 is 0 Å². The number of urea groups is 1. The van der Waals surface area contributed by atoms with Gasteiger partial charge in [0.2, 0.25) is 0 Å². The van der Waals surface area contributed by atoms with E-state index in [0.29, 0.717) is 13.1 Å². The van der Waals surface area contributed by atoms with Crippen molar-refractivity contribution in [3.05, 3.63) is 71.9 Å². The molecular formula is C24H23N5OS. The lowest BCUT2D eigenvalue weighted by Crippen LogP contribution is -2.50. The predicted octanol–water partition coefficient (Wildman–Crippen LogP) is 5.02. The topological polar surface area (TPSA) is 61.4 Å². The van der Waals surface area contributed by atoms with Crippen LogP contribution in [0.1, 0.15) is 5.82 Å². The number of aromatic nitrogens is 2. The molecule has 2 aromatic heterocycles. The number of aryl methyl sites for hydroxylation is 1. The standard InChI is InChI=1S/C24H23N5OS/c1-17-25-22(21-20(16-31-23(21)26-17)18-8-4-2-5-9-18)28-12-14-29(15-13-28)24(30)27-19-10-6-3-7-11-19/h2-11,16H,12-15H2,1H3,(H,27,30). The third-order valence-electron chi connectivity index (χ3n) is 5.50. The van der Waals surface area contributed by atoms with Gasteiger partial charge in [0.15, 0.2) is 0 Å². The Balaban J connectivity index is 1.38. The third-order valence-corrected chi connectivity index (χ3v) is 6.37. The van der Waals surface area contributed by atoms with Crippen molar-refractivity contribution >= 4 is 39.1 Å². The van der Waals surface area contributed by atoms with Crippen LogP contribution >= 0.6 is 11.3 Å². The zero-order valence-corrected chi connectivity index (χ0v) is 18.1. The molecule has 156 valence electrons. The molecule has 5 rings (SSSR count). The lowest BCUT2D eigenvalue weighted by atomic mass is 10.1. The van der Waals surface area contributed by atoms with Crippen molar-refractivity contribution in [2.45, 2.75) is 6.92 Å². The number of piperazine rings is 1. The van der Waals surface area contributed by atoms with E-state index in [1.165, 1.54) is 11.1 Å². The molecule has 0 atom stereocenters. The Morgan fingerprint density at radius 2 is 1.61 bits per heavy atom. The average molecular weight is 430 g/mol. The van der Waals surface area contributed by atoms with Gasteiger partial charge < -0.3 is 15.1 Å². The zero-order valence-electron chi connectivity index (χ0n) is 17.3. The van der Waals surface area contributed by atoms with Gasteiger partial charge in [0.1, 0.15) is 16.5 Å². The molecule has 1 N–H and O–H groups in total. The van der Waals surface area contributed by atoms with Crippen molar-refractivity contribution in [1.82, 2.24) is 14.9 Å². The van der Waals surface area contributed by atoms with Crippen LogP contribution in [0.25, 0.3) is 21.3 Å². The van der Waals surface area contributed by atoms with Crippen LogP contribution in [0.3, 0.4) is 0 Å². The fourth-order valence-electron chi connectivity index (χ4n) is 3.93. The van der Waals surface area contributed by atoms with Crippen LogP contribution in [0.2, 0.25) is 0 Å². The zero-order chi connectivity index (χ0) is 21.2. The molecule has 0 aliphatic carbocycles. The van der Waals surface area contributed by atoms with Crippen molar-refractivity contribution in [3.8, 4) is 11.1 Å². The molecular weight excluding hydrogens is 406 g/mol. The number of nitrogens with zero attached hydrogens (tertiary/aromatic N) is 4. The second-order valence-electron chi connectivity index (χ2n) is 7.56. The molecule has 1 aliphatic heterocycles. The molecule has 31 heavy (non-hydrogen) atoms. The average Bonchev–Trinajstić information content (AvgIpc) is 3.23. The maximum absolute atomic E-state index is 12.6. The lowest BCUT2D eigenvalue weighted by molar-refractivity contribution is 0.208. The molecule has 4 aromatic rings. The Bertz CT molecular complexity index is 1200. The minimum Gasteiger partial charge on any atom is -0.352 e. The summed E-state index contributed by atoms with van der Waals surface area (Å²) in [4.78, 5) is 27.3. The van der Waals surface area contributed by atoms with Gasteiger partial charge in [-0.15, -0.1) is 11.3 Å². The van der Waals surface area contributed by atoms with Gasteiger partial charge in [0, 0.05) is 42.8 Å². The number of rotatable bonds is 3. The lowest BCUT2D eigenvalue weighted by Gasteiger charge is -2.35. The fraction of sp³-hybridized carbons (Fsp3) is 0.208. The van der Waals surface area contributed by atoms with E-state index in [0.717, 1.165) is 40.6 Å². The van der Waals surface area contributed by atoms with E-state index in [1.54, 1.807) is 11.3 Å². The first-order chi connectivity index (χ1) is 15.2. The van der Waals surface area contributed by atoms with Crippen LogP contribution in [0.5, 0.6) is 0 Å². The van der Waals surface area contributed by atoms with E-state index in [1.807, 2.05) is 48.2 Å². The minimum absolute atomic E-state index is 0.0598. The molecule has 1 saturated heterocycles. The van der Waals surface area contributed by atoms with Crippen LogP contribution < -0.4 is 10.2 Å². The SMILES string of the molecule is Cc1nc(N2CCN(C(=O)Nc3ccccc3)CC2)c2c(-c3ccccc3)csc2n1. The van der Waals surface area contributed by atoms with E-state index in [2.05, 4.69) is 44.8 Å². The molecule has 2 amide bonds. The Kier molecular flexibility index (Phi) is 5.26. The first kappa shape index (κ1) is 19.5. The highest BCUT2D eigenvalue weighted by Crippen LogP contribution is 2.38. The number of fused-ring (bicyclic) bond motifs is 1. The van der Waals surface area contributed by atoms with Crippen LogP contribution in [0.15, 0.2) is 66.0 Å². The largest absolute Gasteiger partial charge is 0.352 e. The van der Waals surface area contributed by atoms with Gasteiger partial charge in [-0.05, 0) is 24.6 Å². The van der Waals surface area contributed by atoms with Crippen molar-refractivity contribution in [3.63, 3.8) is 0 Å². The molecule has 2 aromatic carbocycles. The number of nitrogens with one attached hydrogen (secondary N) is 1. The third kappa shape index (κ3) is 3.96. The fourth-order valence-corrected chi connectivity index (χ4v) is 4.92. The summed E-state index contributed by atoms with van der Waals surface area (Å²) >= 11 is 1.66. The summed E-state index contributed by atoms with van der Waals surface area (Å²) in [6.45, 7) is 4.70. The van der Waals surface area contributed by atoms with Gasteiger partial charge >= 0.3 is 6.03 Å². The molecule has 0 spiro atoms. The molecule has 1 fully saturated rings. The number of hydrogen-bond acceptors (Lipinski definition) is 5. The summed E-state index contributed by atoms with van der Waals surface area (Å²) in [5, 5.41) is 6.24. The number of anilines is 2. The van der Waals surface area contributed by atoms with Gasteiger partial charge in [-0.1, -0.05) is 48.5 Å². The predicted molar refractivity (Wildman–Crippen MR) is 127 cm³/mol. The Labute approximate surface area is 185 Å². The van der Waals surface area contributed by atoms with Gasteiger partial charge in [-0.2, -0.15) is 0 Å². The van der Waals surface area contributed by atoms with Gasteiger partial charge in [0.05, 0.1) is 5.39 Å². The van der Waals surface area contributed by atoms with Crippen LogP contribution in [0, 0.1) is 6.92 Å². The van der Waals surface area contributed by atoms with Gasteiger partial charge in [-0.3, -0.25) is 0 Å². The molecule has 7 heteroatoms. The van der Waals surface area contributed by atoms with E-state index in [9.17, 15) is 4.79 Å². The second-order valence-corrected chi connectivity index (χ2v) is 8.42.